The van der Waals surface area contributed by atoms with Crippen LogP contribution < -0.4 is 9.47 Å². The number of thiophene rings is 1. The molecule has 2 rings (SSSR count). The fraction of sp³-hybridized carbons (Fsp3) is 0.154. The van der Waals surface area contributed by atoms with Gasteiger partial charge in [0.25, 0.3) is 0 Å². The molecular formula is C13H11ClO3S. The summed E-state index contributed by atoms with van der Waals surface area (Å²) in [7, 11) is 3.08. The third kappa shape index (κ3) is 2.35. The standard InChI is InChI=1S/C13H11ClO3S/c1-16-10-4-3-8(7-11(10)17-2)12(15)13-9(14)5-6-18-13/h3-7H,1-2H3. The lowest BCUT2D eigenvalue weighted by molar-refractivity contribution is 0.104. The van der Waals surface area contributed by atoms with Gasteiger partial charge in [-0.05, 0) is 29.6 Å². The molecule has 94 valence electrons. The minimum atomic E-state index is -0.115. The van der Waals surface area contributed by atoms with E-state index in [4.69, 9.17) is 21.1 Å². The normalized spacial score (nSPS) is 10.2. The monoisotopic (exact) mass is 282 g/mol. The van der Waals surface area contributed by atoms with Gasteiger partial charge in [-0.3, -0.25) is 4.79 Å². The molecule has 0 saturated heterocycles. The van der Waals surface area contributed by atoms with Gasteiger partial charge in [-0.15, -0.1) is 11.3 Å². The van der Waals surface area contributed by atoms with Crippen molar-refractivity contribution >= 4 is 28.7 Å². The average Bonchev–Trinajstić information content (AvgIpc) is 2.83. The minimum absolute atomic E-state index is 0.115. The topological polar surface area (TPSA) is 35.5 Å². The molecule has 1 heterocycles. The number of halogens is 1. The number of hydrogen-bond acceptors (Lipinski definition) is 4. The maximum absolute atomic E-state index is 12.2. The van der Waals surface area contributed by atoms with Crippen molar-refractivity contribution in [3.05, 3.63) is 45.1 Å². The summed E-state index contributed by atoms with van der Waals surface area (Å²) in [6, 6.07) is 6.75. The minimum Gasteiger partial charge on any atom is -0.493 e. The molecule has 0 aliphatic carbocycles. The van der Waals surface area contributed by atoms with Gasteiger partial charge in [0.2, 0.25) is 5.78 Å². The van der Waals surface area contributed by atoms with E-state index < -0.39 is 0 Å². The van der Waals surface area contributed by atoms with Crippen molar-refractivity contribution < 1.29 is 14.3 Å². The van der Waals surface area contributed by atoms with Crippen molar-refractivity contribution in [2.75, 3.05) is 14.2 Å². The number of carbonyl (C=O) groups is 1. The largest absolute Gasteiger partial charge is 0.493 e. The van der Waals surface area contributed by atoms with E-state index in [1.165, 1.54) is 18.4 Å². The predicted octanol–water partition coefficient (Wildman–Crippen LogP) is 3.65. The quantitative estimate of drug-likeness (QED) is 0.803. The van der Waals surface area contributed by atoms with Gasteiger partial charge in [-0.25, -0.2) is 0 Å². The Morgan fingerprint density at radius 1 is 1.17 bits per heavy atom. The smallest absolute Gasteiger partial charge is 0.204 e. The van der Waals surface area contributed by atoms with E-state index in [1.807, 2.05) is 0 Å². The summed E-state index contributed by atoms with van der Waals surface area (Å²) in [5, 5.41) is 2.26. The van der Waals surface area contributed by atoms with Crippen LogP contribution in [-0.2, 0) is 0 Å². The van der Waals surface area contributed by atoms with E-state index in [0.29, 0.717) is 27.0 Å². The van der Waals surface area contributed by atoms with Crippen molar-refractivity contribution in [1.82, 2.24) is 0 Å². The molecule has 0 amide bonds. The van der Waals surface area contributed by atoms with Crippen molar-refractivity contribution in [3.63, 3.8) is 0 Å². The van der Waals surface area contributed by atoms with Crippen molar-refractivity contribution in [2.45, 2.75) is 0 Å². The van der Waals surface area contributed by atoms with E-state index >= 15 is 0 Å². The summed E-state index contributed by atoms with van der Waals surface area (Å²) in [4.78, 5) is 12.8. The number of methoxy groups -OCH3 is 2. The molecule has 3 nitrogen and oxygen atoms in total. The molecule has 0 aliphatic rings. The molecule has 18 heavy (non-hydrogen) atoms. The van der Waals surface area contributed by atoms with E-state index in [0.717, 1.165) is 0 Å². The molecule has 0 atom stereocenters. The number of hydrogen-bond donors (Lipinski definition) is 0. The third-order valence-electron chi connectivity index (χ3n) is 2.47. The highest BCUT2D eigenvalue weighted by atomic mass is 35.5. The zero-order chi connectivity index (χ0) is 13.1. The first-order valence-corrected chi connectivity index (χ1v) is 6.43. The molecule has 1 aromatic carbocycles. The summed E-state index contributed by atoms with van der Waals surface area (Å²) in [6.45, 7) is 0. The Morgan fingerprint density at radius 3 is 2.44 bits per heavy atom. The Hall–Kier alpha value is -1.52. The molecule has 0 fully saturated rings. The maximum Gasteiger partial charge on any atom is 0.204 e. The van der Waals surface area contributed by atoms with Crippen molar-refractivity contribution in [2.24, 2.45) is 0 Å². The van der Waals surface area contributed by atoms with Gasteiger partial charge in [-0.2, -0.15) is 0 Å². The second-order valence-corrected chi connectivity index (χ2v) is 4.82. The molecule has 5 heteroatoms. The third-order valence-corrected chi connectivity index (χ3v) is 3.81. The number of ether oxygens (including phenoxy) is 2. The van der Waals surface area contributed by atoms with Gasteiger partial charge in [0.05, 0.1) is 24.1 Å². The van der Waals surface area contributed by atoms with Crippen LogP contribution in [0.3, 0.4) is 0 Å². The molecule has 0 unspecified atom stereocenters. The van der Waals surface area contributed by atoms with E-state index in [2.05, 4.69) is 0 Å². The van der Waals surface area contributed by atoms with Crippen LogP contribution in [0, 0.1) is 0 Å². The van der Waals surface area contributed by atoms with Gasteiger partial charge < -0.3 is 9.47 Å². The summed E-state index contributed by atoms with van der Waals surface area (Å²) < 4.78 is 10.3. The molecule has 0 saturated carbocycles. The van der Waals surface area contributed by atoms with Gasteiger partial charge >= 0.3 is 0 Å². The van der Waals surface area contributed by atoms with E-state index in [-0.39, 0.29) is 5.78 Å². The van der Waals surface area contributed by atoms with E-state index in [1.54, 1.807) is 36.8 Å². The highest BCUT2D eigenvalue weighted by Gasteiger charge is 2.16. The summed E-state index contributed by atoms with van der Waals surface area (Å²) in [6.07, 6.45) is 0. The SMILES string of the molecule is COc1ccc(C(=O)c2sccc2Cl)cc1OC. The highest BCUT2D eigenvalue weighted by Crippen LogP contribution is 2.30. The first-order chi connectivity index (χ1) is 8.67. The summed E-state index contributed by atoms with van der Waals surface area (Å²) in [5.41, 5.74) is 0.525. The molecule has 0 spiro atoms. The molecular weight excluding hydrogens is 272 g/mol. The molecule has 0 N–H and O–H groups in total. The van der Waals surface area contributed by atoms with Crippen LogP contribution in [0.25, 0.3) is 0 Å². The fourth-order valence-corrected chi connectivity index (χ4v) is 2.67. The van der Waals surface area contributed by atoms with Gasteiger partial charge in [0.15, 0.2) is 11.5 Å². The second kappa shape index (κ2) is 5.42. The van der Waals surface area contributed by atoms with Crippen LogP contribution in [0.4, 0.5) is 0 Å². The van der Waals surface area contributed by atoms with Gasteiger partial charge in [0, 0.05) is 5.56 Å². The van der Waals surface area contributed by atoms with E-state index in [9.17, 15) is 4.79 Å². The molecule has 1 aromatic heterocycles. The second-order valence-electron chi connectivity index (χ2n) is 3.50. The lowest BCUT2D eigenvalue weighted by atomic mass is 10.1. The Morgan fingerprint density at radius 2 is 1.89 bits per heavy atom. The lowest BCUT2D eigenvalue weighted by Gasteiger charge is -2.08. The van der Waals surface area contributed by atoms with Crippen molar-refractivity contribution in [1.29, 1.82) is 0 Å². The van der Waals surface area contributed by atoms with Gasteiger partial charge in [0.1, 0.15) is 0 Å². The summed E-state index contributed by atoms with van der Waals surface area (Å²) >= 11 is 7.27. The van der Waals surface area contributed by atoms with Crippen LogP contribution >= 0.6 is 22.9 Å². The maximum atomic E-state index is 12.2. The Balaban J connectivity index is 2.40. The molecule has 0 bridgehead atoms. The van der Waals surface area contributed by atoms with Crippen LogP contribution in [0.15, 0.2) is 29.6 Å². The first kappa shape index (κ1) is 12.9. The Labute approximate surface area is 114 Å². The first-order valence-electron chi connectivity index (χ1n) is 5.17. The predicted molar refractivity (Wildman–Crippen MR) is 72.3 cm³/mol. The molecule has 0 radical (unpaired) electrons. The highest BCUT2D eigenvalue weighted by molar-refractivity contribution is 7.13. The Bertz CT molecular complexity index is 577. The van der Waals surface area contributed by atoms with Crippen LogP contribution in [0.2, 0.25) is 5.02 Å². The van der Waals surface area contributed by atoms with Gasteiger partial charge in [-0.1, -0.05) is 11.6 Å². The zero-order valence-corrected chi connectivity index (χ0v) is 11.5. The van der Waals surface area contributed by atoms with Crippen LogP contribution in [0.1, 0.15) is 15.2 Å². The number of rotatable bonds is 4. The zero-order valence-electron chi connectivity index (χ0n) is 9.90. The Kier molecular flexibility index (Phi) is 3.89. The van der Waals surface area contributed by atoms with Crippen LogP contribution in [0.5, 0.6) is 11.5 Å². The number of carbonyl (C=O) groups excluding carboxylic acids is 1. The van der Waals surface area contributed by atoms with Crippen molar-refractivity contribution in [3.8, 4) is 11.5 Å². The number of ketones is 1. The van der Waals surface area contributed by atoms with Crippen LogP contribution in [-0.4, -0.2) is 20.0 Å². The molecule has 0 aliphatic heterocycles. The average molecular weight is 283 g/mol. The lowest BCUT2D eigenvalue weighted by Crippen LogP contribution is -2.00. The molecule has 2 aromatic rings. The number of benzene rings is 1. The summed E-state index contributed by atoms with van der Waals surface area (Å²) in [5.74, 6) is 0.998. The fourth-order valence-electron chi connectivity index (χ4n) is 1.56.